The first-order chi connectivity index (χ1) is 9.92. The van der Waals surface area contributed by atoms with E-state index in [2.05, 4.69) is 9.82 Å². The molecule has 0 aliphatic heterocycles. The highest BCUT2D eigenvalue weighted by molar-refractivity contribution is 7.89. The second-order valence-electron chi connectivity index (χ2n) is 4.84. The number of aromatic nitrogens is 2. The largest absolute Gasteiger partial charge is 0.271 e. The van der Waals surface area contributed by atoms with Crippen LogP contribution in [-0.2, 0) is 16.6 Å². The Morgan fingerprint density at radius 3 is 2.86 bits per heavy atom. The number of hydrogen-bond acceptors (Lipinski definition) is 4. The Morgan fingerprint density at radius 1 is 1.48 bits per heavy atom. The van der Waals surface area contributed by atoms with Crippen molar-refractivity contribution in [3.8, 4) is 6.07 Å². The van der Waals surface area contributed by atoms with Gasteiger partial charge in [0.1, 0.15) is 0 Å². The maximum absolute atomic E-state index is 12.4. The van der Waals surface area contributed by atoms with E-state index >= 15 is 0 Å². The van der Waals surface area contributed by atoms with E-state index in [9.17, 15) is 8.42 Å². The molecule has 2 rings (SSSR count). The van der Waals surface area contributed by atoms with Crippen molar-refractivity contribution in [3.05, 3.63) is 47.8 Å². The van der Waals surface area contributed by atoms with Gasteiger partial charge < -0.3 is 0 Å². The van der Waals surface area contributed by atoms with E-state index in [-0.39, 0.29) is 10.9 Å². The molecule has 1 aromatic carbocycles. The normalized spacial score (nSPS) is 12.8. The topological polar surface area (TPSA) is 87.8 Å². The van der Waals surface area contributed by atoms with Crippen LogP contribution in [0.2, 0.25) is 0 Å². The van der Waals surface area contributed by atoms with Gasteiger partial charge in [-0.3, -0.25) is 4.68 Å². The van der Waals surface area contributed by atoms with Gasteiger partial charge in [-0.15, -0.1) is 0 Å². The van der Waals surface area contributed by atoms with Gasteiger partial charge in [0.25, 0.3) is 0 Å². The molecule has 0 fully saturated rings. The van der Waals surface area contributed by atoms with Crippen LogP contribution in [0.4, 0.5) is 0 Å². The second kappa shape index (κ2) is 6.08. The highest BCUT2D eigenvalue weighted by Gasteiger charge is 2.20. The lowest BCUT2D eigenvalue weighted by atomic mass is 10.2. The standard InChI is InChI=1S/C14H16N4O2S/c1-11-4-5-13(9-15)8-14(11)21(19,20)17-12(2)10-18-7-3-6-16-18/h3-8,12,17H,10H2,1-2H3. The van der Waals surface area contributed by atoms with Crippen molar-refractivity contribution in [1.82, 2.24) is 14.5 Å². The summed E-state index contributed by atoms with van der Waals surface area (Å²) >= 11 is 0. The van der Waals surface area contributed by atoms with Gasteiger partial charge in [-0.2, -0.15) is 10.4 Å². The Bertz CT molecular complexity index is 761. The lowest BCUT2D eigenvalue weighted by molar-refractivity contribution is 0.493. The Hall–Kier alpha value is -2.17. The zero-order chi connectivity index (χ0) is 15.5. The van der Waals surface area contributed by atoms with E-state index in [0.717, 1.165) is 0 Å². The zero-order valence-electron chi connectivity index (χ0n) is 11.8. The van der Waals surface area contributed by atoms with Gasteiger partial charge in [0.15, 0.2) is 0 Å². The molecule has 1 unspecified atom stereocenters. The number of benzene rings is 1. The van der Waals surface area contributed by atoms with Crippen LogP contribution in [0.25, 0.3) is 0 Å². The Labute approximate surface area is 124 Å². The van der Waals surface area contributed by atoms with Gasteiger partial charge in [-0.1, -0.05) is 6.07 Å². The van der Waals surface area contributed by atoms with Crippen LogP contribution in [0.1, 0.15) is 18.1 Å². The van der Waals surface area contributed by atoms with Crippen molar-refractivity contribution in [1.29, 1.82) is 5.26 Å². The molecular weight excluding hydrogens is 288 g/mol. The maximum Gasteiger partial charge on any atom is 0.241 e. The summed E-state index contributed by atoms with van der Waals surface area (Å²) in [6.07, 6.45) is 3.41. The van der Waals surface area contributed by atoms with Crippen molar-refractivity contribution in [2.24, 2.45) is 0 Å². The second-order valence-corrected chi connectivity index (χ2v) is 6.52. The van der Waals surface area contributed by atoms with Crippen LogP contribution >= 0.6 is 0 Å². The van der Waals surface area contributed by atoms with Crippen molar-refractivity contribution >= 4 is 10.0 Å². The summed E-state index contributed by atoms with van der Waals surface area (Å²) in [6, 6.07) is 8.03. The molecule has 7 heteroatoms. The molecule has 0 saturated heterocycles. The van der Waals surface area contributed by atoms with Gasteiger partial charge in [0.05, 0.1) is 23.1 Å². The molecule has 21 heavy (non-hydrogen) atoms. The number of nitrogens with zero attached hydrogens (tertiary/aromatic N) is 3. The van der Waals surface area contributed by atoms with Crippen LogP contribution in [0, 0.1) is 18.3 Å². The molecule has 110 valence electrons. The lowest BCUT2D eigenvalue weighted by Gasteiger charge is -2.15. The third-order valence-corrected chi connectivity index (χ3v) is 4.71. The molecule has 6 nitrogen and oxygen atoms in total. The number of hydrogen-bond donors (Lipinski definition) is 1. The summed E-state index contributed by atoms with van der Waals surface area (Å²) < 4.78 is 29.1. The van der Waals surface area contributed by atoms with E-state index in [0.29, 0.717) is 17.7 Å². The molecule has 0 radical (unpaired) electrons. The van der Waals surface area contributed by atoms with Crippen LogP contribution in [-0.4, -0.2) is 24.2 Å². The summed E-state index contributed by atoms with van der Waals surface area (Å²) in [7, 11) is -3.67. The molecule has 1 atom stereocenters. The number of rotatable bonds is 5. The van der Waals surface area contributed by atoms with E-state index in [1.165, 1.54) is 6.07 Å². The van der Waals surface area contributed by atoms with E-state index in [1.54, 1.807) is 49.1 Å². The average molecular weight is 304 g/mol. The third kappa shape index (κ3) is 3.68. The number of nitriles is 1. The molecule has 1 N–H and O–H groups in total. The minimum Gasteiger partial charge on any atom is -0.271 e. The Morgan fingerprint density at radius 2 is 2.24 bits per heavy atom. The molecule has 2 aromatic rings. The van der Waals surface area contributed by atoms with Crippen molar-refractivity contribution in [2.45, 2.75) is 31.3 Å². The number of sulfonamides is 1. The van der Waals surface area contributed by atoms with Gasteiger partial charge in [-0.25, -0.2) is 13.1 Å². The summed E-state index contributed by atoms with van der Waals surface area (Å²) in [4.78, 5) is 0.133. The fraction of sp³-hybridized carbons (Fsp3) is 0.286. The molecule has 1 aromatic heterocycles. The quantitative estimate of drug-likeness (QED) is 0.905. The van der Waals surface area contributed by atoms with Gasteiger partial charge >= 0.3 is 0 Å². The first-order valence-electron chi connectivity index (χ1n) is 6.43. The van der Waals surface area contributed by atoms with Crippen LogP contribution in [0.3, 0.4) is 0 Å². The summed E-state index contributed by atoms with van der Waals surface area (Å²) in [5.41, 5.74) is 0.925. The van der Waals surface area contributed by atoms with Crippen molar-refractivity contribution in [3.63, 3.8) is 0 Å². The zero-order valence-corrected chi connectivity index (χ0v) is 12.6. The lowest BCUT2D eigenvalue weighted by Crippen LogP contribution is -2.36. The van der Waals surface area contributed by atoms with Gasteiger partial charge in [0.2, 0.25) is 10.0 Å². The summed E-state index contributed by atoms with van der Waals surface area (Å²) in [5.74, 6) is 0. The first kappa shape index (κ1) is 15.2. The van der Waals surface area contributed by atoms with E-state index in [1.807, 2.05) is 6.07 Å². The molecule has 0 aliphatic rings. The monoisotopic (exact) mass is 304 g/mol. The summed E-state index contributed by atoms with van der Waals surface area (Å²) in [5, 5.41) is 12.9. The predicted molar refractivity (Wildman–Crippen MR) is 77.9 cm³/mol. The van der Waals surface area contributed by atoms with Crippen LogP contribution in [0.5, 0.6) is 0 Å². The molecular formula is C14H16N4O2S. The minimum absolute atomic E-state index is 0.133. The maximum atomic E-state index is 12.4. The third-order valence-electron chi connectivity index (χ3n) is 2.98. The van der Waals surface area contributed by atoms with Gasteiger partial charge in [0, 0.05) is 18.4 Å². The van der Waals surface area contributed by atoms with Crippen LogP contribution in [0.15, 0.2) is 41.6 Å². The fourth-order valence-corrected chi connectivity index (χ4v) is 3.52. The average Bonchev–Trinajstić information content (AvgIpc) is 2.91. The van der Waals surface area contributed by atoms with Gasteiger partial charge in [-0.05, 0) is 37.6 Å². The molecule has 0 saturated carbocycles. The van der Waals surface area contributed by atoms with E-state index < -0.39 is 10.0 Å². The van der Waals surface area contributed by atoms with E-state index in [4.69, 9.17) is 5.26 Å². The Balaban J connectivity index is 2.20. The molecule has 1 heterocycles. The Kier molecular flexibility index (Phi) is 4.40. The summed E-state index contributed by atoms with van der Waals surface area (Å²) in [6.45, 7) is 3.90. The molecule has 0 spiro atoms. The smallest absolute Gasteiger partial charge is 0.241 e. The molecule has 0 amide bonds. The molecule has 0 bridgehead atoms. The fourth-order valence-electron chi connectivity index (χ4n) is 2.01. The number of nitrogens with one attached hydrogen (secondary N) is 1. The van der Waals surface area contributed by atoms with Crippen molar-refractivity contribution in [2.75, 3.05) is 0 Å². The SMILES string of the molecule is Cc1ccc(C#N)cc1S(=O)(=O)NC(C)Cn1cccn1. The minimum atomic E-state index is -3.67. The molecule has 0 aliphatic carbocycles. The number of aryl methyl sites for hydroxylation is 1. The van der Waals surface area contributed by atoms with Crippen LogP contribution < -0.4 is 4.72 Å². The highest BCUT2D eigenvalue weighted by atomic mass is 32.2. The predicted octanol–water partition coefficient (Wildman–Crippen LogP) is 1.43. The van der Waals surface area contributed by atoms with Crippen molar-refractivity contribution < 1.29 is 8.42 Å². The first-order valence-corrected chi connectivity index (χ1v) is 7.91. The highest BCUT2D eigenvalue weighted by Crippen LogP contribution is 2.17.